The number of carboxylic acid groups (broad SMARTS) is 1. The van der Waals surface area contributed by atoms with E-state index >= 15 is 0 Å². The van der Waals surface area contributed by atoms with Crippen molar-refractivity contribution in [2.75, 3.05) is 18.0 Å². The fourth-order valence-electron chi connectivity index (χ4n) is 3.90. The minimum absolute atomic E-state index is 0.0528. The van der Waals surface area contributed by atoms with Gasteiger partial charge >= 0.3 is 5.97 Å². The molecule has 0 spiro atoms. The first kappa shape index (κ1) is 17.8. The third-order valence-electron chi connectivity index (χ3n) is 5.35. The average molecular weight is 381 g/mol. The molecule has 6 nitrogen and oxygen atoms in total. The molecule has 2 aliphatic rings. The molecule has 4 rings (SSSR count). The van der Waals surface area contributed by atoms with Gasteiger partial charge in [0.05, 0.1) is 16.9 Å². The lowest BCUT2D eigenvalue weighted by molar-refractivity contribution is 0.0695. The zero-order valence-electron chi connectivity index (χ0n) is 14.5. The van der Waals surface area contributed by atoms with Crippen LogP contribution in [0.1, 0.15) is 34.8 Å². The summed E-state index contributed by atoms with van der Waals surface area (Å²) in [4.78, 5) is 26.5. The van der Waals surface area contributed by atoms with Crippen molar-refractivity contribution in [2.24, 2.45) is 5.73 Å². The Morgan fingerprint density at radius 2 is 2.00 bits per heavy atom. The van der Waals surface area contributed by atoms with Gasteiger partial charge in [-0.1, -0.05) is 0 Å². The maximum Gasteiger partial charge on any atom is 0.343 e. The van der Waals surface area contributed by atoms with Gasteiger partial charge in [-0.05, 0) is 18.9 Å². The second-order valence-electron chi connectivity index (χ2n) is 7.21. The minimum Gasteiger partial charge on any atom is -0.477 e. The number of halogens is 3. The van der Waals surface area contributed by atoms with E-state index in [1.54, 1.807) is 4.90 Å². The van der Waals surface area contributed by atoms with Gasteiger partial charge in [0.25, 0.3) is 0 Å². The van der Waals surface area contributed by atoms with Gasteiger partial charge in [0.15, 0.2) is 5.82 Å². The molecule has 1 aromatic carbocycles. The number of aromatic nitrogens is 1. The van der Waals surface area contributed by atoms with E-state index in [1.165, 1.54) is 11.5 Å². The molecule has 2 fully saturated rings. The van der Waals surface area contributed by atoms with Crippen LogP contribution in [0, 0.1) is 18.6 Å². The van der Waals surface area contributed by atoms with Crippen LogP contribution >= 0.6 is 0 Å². The third kappa shape index (κ3) is 2.60. The van der Waals surface area contributed by atoms with Crippen LogP contribution in [0.2, 0.25) is 0 Å². The molecular weight excluding hydrogens is 363 g/mol. The highest BCUT2D eigenvalue weighted by Crippen LogP contribution is 2.45. The van der Waals surface area contributed by atoms with E-state index in [4.69, 9.17) is 5.73 Å². The highest BCUT2D eigenvalue weighted by atomic mass is 19.1. The lowest BCUT2D eigenvalue weighted by Crippen LogP contribution is -2.34. The Bertz CT molecular complexity index is 1040. The molecule has 27 heavy (non-hydrogen) atoms. The van der Waals surface area contributed by atoms with E-state index in [-0.39, 0.29) is 41.3 Å². The van der Waals surface area contributed by atoms with E-state index in [9.17, 15) is 27.9 Å². The number of pyridine rings is 1. The SMILES string of the molecule is Cc1c(F)cc(F)c2c1c(=O)c(C(=O)O)c(N1CC[C@H](N)C1)n2[C@@H]1C[C@@H]1F. The minimum atomic E-state index is -1.52. The molecule has 3 atom stereocenters. The number of anilines is 1. The summed E-state index contributed by atoms with van der Waals surface area (Å²) >= 11 is 0. The Kier molecular flexibility index (Phi) is 3.95. The first-order chi connectivity index (χ1) is 12.7. The molecule has 1 aliphatic heterocycles. The van der Waals surface area contributed by atoms with E-state index in [0.717, 1.165) is 0 Å². The van der Waals surface area contributed by atoms with Crippen molar-refractivity contribution < 1.29 is 23.1 Å². The first-order valence-corrected chi connectivity index (χ1v) is 8.67. The fraction of sp³-hybridized carbons (Fsp3) is 0.444. The monoisotopic (exact) mass is 381 g/mol. The molecule has 1 aromatic heterocycles. The van der Waals surface area contributed by atoms with E-state index in [1.807, 2.05) is 0 Å². The molecule has 2 heterocycles. The number of alkyl halides is 1. The van der Waals surface area contributed by atoms with Crippen LogP contribution in [0.25, 0.3) is 10.9 Å². The third-order valence-corrected chi connectivity index (χ3v) is 5.35. The fourth-order valence-corrected chi connectivity index (χ4v) is 3.90. The zero-order chi connectivity index (χ0) is 19.6. The van der Waals surface area contributed by atoms with Gasteiger partial charge in [0.1, 0.15) is 23.4 Å². The van der Waals surface area contributed by atoms with Crippen molar-refractivity contribution in [3.8, 4) is 0 Å². The molecule has 1 saturated heterocycles. The normalized spacial score (nSPS) is 24.6. The van der Waals surface area contributed by atoms with E-state index in [0.29, 0.717) is 19.0 Å². The van der Waals surface area contributed by atoms with E-state index in [2.05, 4.69) is 0 Å². The molecule has 1 aliphatic carbocycles. The van der Waals surface area contributed by atoms with Crippen LogP contribution in [-0.2, 0) is 0 Å². The summed E-state index contributed by atoms with van der Waals surface area (Å²) < 4.78 is 44.0. The summed E-state index contributed by atoms with van der Waals surface area (Å²) in [7, 11) is 0. The van der Waals surface area contributed by atoms with Crippen LogP contribution in [-0.4, -0.2) is 40.9 Å². The Balaban J connectivity index is 2.19. The molecule has 0 unspecified atom stereocenters. The molecule has 0 radical (unpaired) electrons. The Hall–Kier alpha value is -2.55. The topological polar surface area (TPSA) is 88.6 Å². The Morgan fingerprint density at radius 3 is 2.52 bits per heavy atom. The van der Waals surface area contributed by atoms with Gasteiger partial charge in [-0.15, -0.1) is 0 Å². The maximum atomic E-state index is 14.7. The molecule has 0 bridgehead atoms. The molecule has 9 heteroatoms. The van der Waals surface area contributed by atoms with Crippen molar-refractivity contribution in [3.05, 3.63) is 39.1 Å². The highest BCUT2D eigenvalue weighted by molar-refractivity contribution is 5.99. The highest BCUT2D eigenvalue weighted by Gasteiger charge is 2.44. The van der Waals surface area contributed by atoms with Crippen molar-refractivity contribution in [2.45, 2.75) is 38.0 Å². The predicted molar refractivity (Wildman–Crippen MR) is 93.2 cm³/mol. The number of fused-ring (bicyclic) bond motifs is 1. The number of hydrogen-bond acceptors (Lipinski definition) is 4. The van der Waals surface area contributed by atoms with Crippen molar-refractivity contribution >= 4 is 22.7 Å². The number of aromatic carboxylic acids is 1. The first-order valence-electron chi connectivity index (χ1n) is 8.67. The second-order valence-corrected chi connectivity index (χ2v) is 7.21. The molecule has 0 amide bonds. The second kappa shape index (κ2) is 5.98. The number of rotatable bonds is 3. The molecule has 1 saturated carbocycles. The molecular formula is C18H18F3N3O3. The number of hydrogen-bond donors (Lipinski definition) is 2. The van der Waals surface area contributed by atoms with Gasteiger partial charge in [0.2, 0.25) is 5.43 Å². The Morgan fingerprint density at radius 1 is 1.33 bits per heavy atom. The average Bonchev–Trinajstić information content (AvgIpc) is 3.14. The van der Waals surface area contributed by atoms with Gasteiger partial charge in [0, 0.05) is 31.6 Å². The quantitative estimate of drug-likeness (QED) is 0.850. The van der Waals surface area contributed by atoms with Gasteiger partial charge in [-0.25, -0.2) is 18.0 Å². The number of nitrogens with zero attached hydrogens (tertiary/aromatic N) is 2. The lowest BCUT2D eigenvalue weighted by Gasteiger charge is -2.27. The zero-order valence-corrected chi connectivity index (χ0v) is 14.5. The lowest BCUT2D eigenvalue weighted by atomic mass is 10.0. The van der Waals surface area contributed by atoms with Crippen LogP contribution in [0.15, 0.2) is 10.9 Å². The Labute approximate surface area is 152 Å². The summed E-state index contributed by atoms with van der Waals surface area (Å²) in [5, 5.41) is 9.34. The number of aryl methyl sites for hydroxylation is 1. The standard InChI is InChI=1S/C18H18F3N3O3/c1-7-9(19)4-11(21)15-13(7)16(25)14(18(26)27)17(23-3-2-8(22)6-23)24(15)12-5-10(12)20/h4,8,10,12H,2-3,5-6,22H2,1H3,(H,26,27)/t8-,10-,12+/m0/s1. The number of carboxylic acids is 1. The molecule has 2 aromatic rings. The van der Waals surface area contributed by atoms with Crippen molar-refractivity contribution in [1.82, 2.24) is 4.57 Å². The van der Waals surface area contributed by atoms with Gasteiger partial charge < -0.3 is 20.3 Å². The van der Waals surface area contributed by atoms with Gasteiger partial charge in [-0.3, -0.25) is 4.79 Å². The number of benzene rings is 1. The van der Waals surface area contributed by atoms with Crippen LogP contribution in [0.3, 0.4) is 0 Å². The molecule has 144 valence electrons. The molecule has 3 N–H and O–H groups in total. The van der Waals surface area contributed by atoms with E-state index < -0.39 is 40.8 Å². The summed E-state index contributed by atoms with van der Waals surface area (Å²) in [5.41, 5.74) is 3.91. The van der Waals surface area contributed by atoms with Crippen molar-refractivity contribution in [3.63, 3.8) is 0 Å². The van der Waals surface area contributed by atoms with Crippen molar-refractivity contribution in [1.29, 1.82) is 0 Å². The van der Waals surface area contributed by atoms with Crippen LogP contribution < -0.4 is 16.1 Å². The number of carbonyl (C=O) groups is 1. The maximum absolute atomic E-state index is 14.7. The summed E-state index contributed by atoms with van der Waals surface area (Å²) in [5.74, 6) is -3.55. The largest absolute Gasteiger partial charge is 0.477 e. The van der Waals surface area contributed by atoms with Crippen LogP contribution in [0.5, 0.6) is 0 Å². The van der Waals surface area contributed by atoms with Crippen LogP contribution in [0.4, 0.5) is 19.0 Å². The predicted octanol–water partition coefficient (Wildman–Crippen LogP) is 2.11. The van der Waals surface area contributed by atoms with Gasteiger partial charge in [-0.2, -0.15) is 0 Å². The summed E-state index contributed by atoms with van der Waals surface area (Å²) in [6, 6.07) is -0.410. The summed E-state index contributed by atoms with van der Waals surface area (Å²) in [6.07, 6.45) is -0.670. The summed E-state index contributed by atoms with van der Waals surface area (Å²) in [6.45, 7) is 1.90. The number of nitrogens with two attached hydrogens (primary N) is 1. The smallest absolute Gasteiger partial charge is 0.343 e.